The Bertz CT molecular complexity index is 406. The van der Waals surface area contributed by atoms with Gasteiger partial charge < -0.3 is 15.6 Å². The largest absolute Gasteiger partial charge is 0.352 e. The summed E-state index contributed by atoms with van der Waals surface area (Å²) in [7, 11) is 0. The van der Waals surface area contributed by atoms with Crippen LogP contribution in [0.25, 0.3) is 0 Å². The Labute approximate surface area is 94.7 Å². The van der Waals surface area contributed by atoms with Gasteiger partial charge in [0.1, 0.15) is 0 Å². The van der Waals surface area contributed by atoms with Gasteiger partial charge in [0.25, 0.3) is 5.56 Å². The average Bonchev–Trinajstić information content (AvgIpc) is 2.31. The molecule has 0 atom stereocenters. The van der Waals surface area contributed by atoms with E-state index < -0.39 is 0 Å². The smallest absolute Gasteiger partial charge is 0.291 e. The lowest BCUT2D eigenvalue weighted by Crippen LogP contribution is -2.44. The van der Waals surface area contributed by atoms with Crippen molar-refractivity contribution >= 4 is 5.82 Å². The van der Waals surface area contributed by atoms with Gasteiger partial charge >= 0.3 is 0 Å². The molecule has 0 saturated carbocycles. The first-order chi connectivity index (χ1) is 7.64. The van der Waals surface area contributed by atoms with Gasteiger partial charge in [-0.05, 0) is 24.8 Å². The summed E-state index contributed by atoms with van der Waals surface area (Å²) in [4.78, 5) is 20.1. The number of H-pyrrole nitrogens is 1. The minimum atomic E-state index is -0.168. The van der Waals surface area contributed by atoms with Crippen LogP contribution in [0.15, 0.2) is 11.0 Å². The van der Waals surface area contributed by atoms with Crippen molar-refractivity contribution in [1.82, 2.24) is 9.97 Å². The second kappa shape index (κ2) is 4.25. The Hall–Kier alpha value is -1.36. The van der Waals surface area contributed by atoms with E-state index in [0.29, 0.717) is 12.4 Å². The van der Waals surface area contributed by atoms with Crippen LogP contribution in [-0.2, 0) is 0 Å². The molecule has 1 saturated heterocycles. The fraction of sp³-hybridized carbons (Fsp3) is 0.636. The third kappa shape index (κ3) is 2.09. The summed E-state index contributed by atoms with van der Waals surface area (Å²) >= 11 is 0. The molecule has 2 heterocycles. The zero-order valence-corrected chi connectivity index (χ0v) is 9.49. The normalized spacial score (nSPS) is 19.8. The highest BCUT2D eigenvalue weighted by molar-refractivity contribution is 5.35. The topological polar surface area (TPSA) is 75.0 Å². The summed E-state index contributed by atoms with van der Waals surface area (Å²) < 4.78 is 0. The van der Waals surface area contributed by atoms with E-state index in [1.54, 1.807) is 0 Å². The second-order valence-corrected chi connectivity index (χ2v) is 4.68. The molecule has 0 bridgehead atoms. The van der Waals surface area contributed by atoms with Crippen molar-refractivity contribution in [2.24, 2.45) is 11.1 Å². The van der Waals surface area contributed by atoms with Crippen LogP contribution >= 0.6 is 0 Å². The van der Waals surface area contributed by atoms with E-state index in [1.165, 1.54) is 6.20 Å². The molecule has 0 amide bonds. The van der Waals surface area contributed by atoms with Crippen molar-refractivity contribution in [3.8, 4) is 0 Å². The fourth-order valence-electron chi connectivity index (χ4n) is 1.99. The molecule has 1 radical (unpaired) electrons. The van der Waals surface area contributed by atoms with Gasteiger partial charge in [0, 0.05) is 13.1 Å². The number of aromatic nitrogens is 2. The zero-order chi connectivity index (χ0) is 11.6. The molecule has 1 aliphatic rings. The number of anilines is 1. The minimum Gasteiger partial charge on any atom is -0.352 e. The van der Waals surface area contributed by atoms with Crippen LogP contribution in [0.3, 0.4) is 0 Å². The van der Waals surface area contributed by atoms with Gasteiger partial charge in [-0.2, -0.15) is 0 Å². The highest BCUT2D eigenvalue weighted by Gasteiger charge is 2.29. The fourth-order valence-corrected chi connectivity index (χ4v) is 1.99. The Kier molecular flexibility index (Phi) is 2.96. The van der Waals surface area contributed by atoms with E-state index in [4.69, 9.17) is 5.73 Å². The van der Waals surface area contributed by atoms with Gasteiger partial charge in [-0.15, -0.1) is 0 Å². The van der Waals surface area contributed by atoms with E-state index >= 15 is 0 Å². The van der Waals surface area contributed by atoms with Crippen molar-refractivity contribution in [3.63, 3.8) is 0 Å². The molecular weight excluding hydrogens is 204 g/mol. The van der Waals surface area contributed by atoms with Crippen molar-refractivity contribution < 1.29 is 0 Å². The third-order valence-corrected chi connectivity index (χ3v) is 3.40. The summed E-state index contributed by atoms with van der Waals surface area (Å²) in [6.45, 7) is 4.58. The quantitative estimate of drug-likeness (QED) is 0.744. The van der Waals surface area contributed by atoms with Crippen LogP contribution in [0.4, 0.5) is 5.82 Å². The van der Waals surface area contributed by atoms with Crippen LogP contribution in [0.5, 0.6) is 0 Å². The van der Waals surface area contributed by atoms with Crippen molar-refractivity contribution in [2.75, 3.05) is 24.5 Å². The maximum Gasteiger partial charge on any atom is 0.291 e. The van der Waals surface area contributed by atoms with Gasteiger partial charge in [0.2, 0.25) is 0 Å². The molecule has 0 aliphatic carbocycles. The molecule has 16 heavy (non-hydrogen) atoms. The second-order valence-electron chi connectivity index (χ2n) is 4.68. The number of hydrogen-bond acceptors (Lipinski definition) is 4. The van der Waals surface area contributed by atoms with Crippen molar-refractivity contribution in [1.29, 1.82) is 0 Å². The Morgan fingerprint density at radius 3 is 2.88 bits per heavy atom. The monoisotopic (exact) mass is 221 g/mol. The van der Waals surface area contributed by atoms with E-state index in [2.05, 4.69) is 23.1 Å². The minimum absolute atomic E-state index is 0.168. The Morgan fingerprint density at radius 1 is 1.62 bits per heavy atom. The van der Waals surface area contributed by atoms with Crippen LogP contribution in [-0.4, -0.2) is 29.6 Å². The standard InChI is InChI=1S/C11H17N4O/c1-11(8-12)2-6-15(7-3-11)9-10(16)14-5-4-13-9/h4H,2-3,6-8,12H2,1H3,(H,14,16). The molecule has 1 fully saturated rings. The van der Waals surface area contributed by atoms with Crippen LogP contribution < -0.4 is 16.2 Å². The third-order valence-electron chi connectivity index (χ3n) is 3.40. The van der Waals surface area contributed by atoms with Crippen molar-refractivity contribution in [3.05, 3.63) is 22.7 Å². The molecule has 0 aromatic carbocycles. The van der Waals surface area contributed by atoms with Gasteiger partial charge in [-0.3, -0.25) is 4.79 Å². The number of piperidine rings is 1. The van der Waals surface area contributed by atoms with E-state index in [9.17, 15) is 4.79 Å². The van der Waals surface area contributed by atoms with Gasteiger partial charge in [-0.1, -0.05) is 6.92 Å². The first kappa shape index (κ1) is 11.1. The molecule has 87 valence electrons. The lowest BCUT2D eigenvalue weighted by Gasteiger charge is -2.38. The first-order valence-corrected chi connectivity index (χ1v) is 5.55. The summed E-state index contributed by atoms with van der Waals surface area (Å²) in [5.41, 5.74) is 5.79. The number of rotatable bonds is 2. The number of nitrogens with two attached hydrogens (primary N) is 1. The van der Waals surface area contributed by atoms with Gasteiger partial charge in [-0.25, -0.2) is 4.98 Å². The number of nitrogens with zero attached hydrogens (tertiary/aromatic N) is 2. The summed E-state index contributed by atoms with van der Waals surface area (Å²) in [5, 5.41) is 0. The van der Waals surface area contributed by atoms with Crippen LogP contribution in [0.2, 0.25) is 0 Å². The van der Waals surface area contributed by atoms with Gasteiger partial charge in [0.15, 0.2) is 5.82 Å². The van der Waals surface area contributed by atoms with Crippen LogP contribution in [0, 0.1) is 11.6 Å². The maximum absolute atomic E-state index is 11.5. The highest BCUT2D eigenvalue weighted by atomic mass is 16.1. The summed E-state index contributed by atoms with van der Waals surface area (Å²) in [6.07, 6.45) is 6.07. The molecule has 2 rings (SSSR count). The summed E-state index contributed by atoms with van der Waals surface area (Å²) in [6, 6.07) is 0. The summed E-state index contributed by atoms with van der Waals surface area (Å²) in [5.74, 6) is 0.498. The first-order valence-electron chi connectivity index (χ1n) is 5.55. The Balaban J connectivity index is 2.11. The molecule has 1 aromatic heterocycles. The number of hydrogen-bond donors (Lipinski definition) is 2. The Morgan fingerprint density at radius 2 is 2.31 bits per heavy atom. The lowest BCUT2D eigenvalue weighted by atomic mass is 9.80. The number of aromatic amines is 1. The van der Waals surface area contributed by atoms with Crippen LogP contribution in [0.1, 0.15) is 19.8 Å². The number of nitrogens with one attached hydrogen (secondary N) is 1. The van der Waals surface area contributed by atoms with E-state index in [0.717, 1.165) is 25.9 Å². The molecule has 1 aliphatic heterocycles. The van der Waals surface area contributed by atoms with Gasteiger partial charge in [0.05, 0.1) is 12.4 Å². The average molecular weight is 221 g/mol. The molecule has 3 N–H and O–H groups in total. The van der Waals surface area contributed by atoms with E-state index in [1.807, 2.05) is 4.90 Å². The zero-order valence-electron chi connectivity index (χ0n) is 9.49. The SMILES string of the molecule is CC1(CN)CCN(c2nc[c][nH]c2=O)CC1. The predicted octanol–water partition coefficient (Wildman–Crippen LogP) is 0.135. The molecule has 5 heteroatoms. The molecule has 0 unspecified atom stereocenters. The predicted molar refractivity (Wildman–Crippen MR) is 62.3 cm³/mol. The lowest BCUT2D eigenvalue weighted by molar-refractivity contribution is 0.257. The van der Waals surface area contributed by atoms with E-state index in [-0.39, 0.29) is 11.0 Å². The maximum atomic E-state index is 11.5. The van der Waals surface area contributed by atoms with Crippen molar-refractivity contribution in [2.45, 2.75) is 19.8 Å². The molecule has 0 spiro atoms. The molecular formula is C11H17N4O. The molecule has 1 aromatic rings. The molecule has 5 nitrogen and oxygen atoms in total. The highest BCUT2D eigenvalue weighted by Crippen LogP contribution is 2.30.